The first-order valence-electron chi connectivity index (χ1n) is 17.6. The molecule has 0 atom stereocenters. The van der Waals surface area contributed by atoms with Crippen LogP contribution < -0.4 is 10.1 Å². The predicted octanol–water partition coefficient (Wildman–Crippen LogP) is 6.75. The summed E-state index contributed by atoms with van der Waals surface area (Å²) in [6, 6.07) is 12.8. The first-order chi connectivity index (χ1) is 25.3. The fraction of sp³-hybridized carbons (Fsp3) is 0.514. The first-order valence-corrected chi connectivity index (χ1v) is 19.8. The number of nitrogens with zero attached hydrogens (tertiary/aromatic N) is 4. The number of Topliss-reactive ketones (excluding diaryl/α,β-unsaturated/α-hetero) is 2. The van der Waals surface area contributed by atoms with E-state index in [1.165, 1.54) is 12.1 Å². The van der Waals surface area contributed by atoms with Crippen molar-refractivity contribution in [3.63, 3.8) is 0 Å². The van der Waals surface area contributed by atoms with Gasteiger partial charge in [-0.2, -0.15) is 28.1 Å². The molecule has 17 heteroatoms. The van der Waals surface area contributed by atoms with Crippen LogP contribution in [0.5, 0.6) is 6.01 Å². The predicted molar refractivity (Wildman–Crippen MR) is 194 cm³/mol. The second-order valence-corrected chi connectivity index (χ2v) is 17.3. The van der Waals surface area contributed by atoms with Crippen molar-refractivity contribution in [2.45, 2.75) is 83.0 Å². The Hall–Kier alpha value is -4.31. The summed E-state index contributed by atoms with van der Waals surface area (Å²) in [5, 5.41) is 3.78. The smallest absolute Gasteiger partial charge is 0.422 e. The van der Waals surface area contributed by atoms with E-state index in [-0.39, 0.29) is 54.1 Å². The number of alkyl halides is 3. The number of carbonyl (C=O) groups excluding carboxylic acids is 3. The Kier molecular flexibility index (Phi) is 12.6. The lowest BCUT2D eigenvalue weighted by molar-refractivity contribution is -0.154. The first kappa shape index (κ1) is 40.9. The van der Waals surface area contributed by atoms with Crippen LogP contribution in [-0.2, 0) is 31.3 Å². The van der Waals surface area contributed by atoms with Gasteiger partial charge in [-0.3, -0.25) is 9.59 Å². The molecule has 292 valence electrons. The number of piperidine rings is 1. The molecule has 1 aliphatic carbocycles. The summed E-state index contributed by atoms with van der Waals surface area (Å²) >= 11 is 6.03. The van der Waals surface area contributed by atoms with Gasteiger partial charge in [0.2, 0.25) is 5.95 Å². The molecule has 5 rings (SSSR count). The molecule has 2 fully saturated rings. The topological polar surface area (TPSA) is 158 Å². The highest BCUT2D eigenvalue weighted by Gasteiger charge is 2.45. The van der Waals surface area contributed by atoms with Gasteiger partial charge in [-0.1, -0.05) is 48.0 Å². The number of sulfone groups is 1. The van der Waals surface area contributed by atoms with Crippen molar-refractivity contribution in [2.75, 3.05) is 36.5 Å². The number of halogens is 4. The van der Waals surface area contributed by atoms with Crippen LogP contribution in [-0.4, -0.2) is 88.9 Å². The molecule has 3 aromatic rings. The van der Waals surface area contributed by atoms with Crippen molar-refractivity contribution >= 4 is 45.0 Å². The van der Waals surface area contributed by atoms with Crippen LogP contribution in [0.15, 0.2) is 48.5 Å². The highest BCUT2D eigenvalue weighted by Crippen LogP contribution is 2.48. The van der Waals surface area contributed by atoms with E-state index in [9.17, 15) is 36.0 Å². The zero-order valence-electron chi connectivity index (χ0n) is 30.2. The van der Waals surface area contributed by atoms with Crippen LogP contribution in [0.4, 0.5) is 23.9 Å². The number of benzene rings is 2. The number of aromatic nitrogens is 3. The SMILES string of the molecule is CC(C)(C)OC(=O)N1CCC(C(=O)CCCS(=O)(=O)CC(=O)c2ccc(Cc3nc(NC4(c5ccc(Cl)cc5)CC4)nc(OCC(F)(F)F)n3)cc2)CC1. The summed E-state index contributed by atoms with van der Waals surface area (Å²) in [5.41, 5.74) is 0.525. The third-order valence-electron chi connectivity index (χ3n) is 8.99. The molecule has 1 amide bonds. The number of likely N-dealkylation sites (tertiary alicyclic amines) is 1. The zero-order chi connectivity index (χ0) is 39.3. The summed E-state index contributed by atoms with van der Waals surface area (Å²) < 4.78 is 74.7. The van der Waals surface area contributed by atoms with Crippen molar-refractivity contribution in [1.29, 1.82) is 0 Å². The van der Waals surface area contributed by atoms with Crippen LogP contribution in [0.25, 0.3) is 0 Å². The van der Waals surface area contributed by atoms with E-state index in [4.69, 9.17) is 21.1 Å². The second-order valence-electron chi connectivity index (χ2n) is 14.7. The van der Waals surface area contributed by atoms with Gasteiger partial charge in [-0.25, -0.2) is 13.2 Å². The van der Waals surface area contributed by atoms with E-state index in [0.717, 1.165) is 18.4 Å². The Bertz CT molecular complexity index is 1930. The van der Waals surface area contributed by atoms with Crippen molar-refractivity contribution in [1.82, 2.24) is 19.9 Å². The van der Waals surface area contributed by atoms with Gasteiger partial charge in [0.1, 0.15) is 23.0 Å². The Morgan fingerprint density at radius 2 is 1.61 bits per heavy atom. The number of ketones is 2. The quantitative estimate of drug-likeness (QED) is 0.162. The molecule has 54 heavy (non-hydrogen) atoms. The number of hydrogen-bond donors (Lipinski definition) is 1. The van der Waals surface area contributed by atoms with E-state index in [0.29, 0.717) is 36.5 Å². The zero-order valence-corrected chi connectivity index (χ0v) is 31.8. The summed E-state index contributed by atoms with van der Waals surface area (Å²) in [7, 11) is -3.81. The number of nitrogens with one attached hydrogen (secondary N) is 1. The Morgan fingerprint density at radius 3 is 2.20 bits per heavy atom. The lowest BCUT2D eigenvalue weighted by atomic mass is 9.90. The van der Waals surface area contributed by atoms with Crippen LogP contribution >= 0.6 is 11.6 Å². The van der Waals surface area contributed by atoms with E-state index in [1.807, 2.05) is 12.1 Å². The fourth-order valence-electron chi connectivity index (χ4n) is 6.07. The van der Waals surface area contributed by atoms with Crippen LogP contribution in [0.2, 0.25) is 5.02 Å². The van der Waals surface area contributed by atoms with Gasteiger partial charge in [-0.05, 0) is 76.1 Å². The lowest BCUT2D eigenvalue weighted by Gasteiger charge is -2.33. The maximum atomic E-state index is 12.9. The maximum absolute atomic E-state index is 12.9. The number of amides is 1. The van der Waals surface area contributed by atoms with Gasteiger partial charge in [0, 0.05) is 42.4 Å². The third-order valence-corrected chi connectivity index (χ3v) is 10.9. The second kappa shape index (κ2) is 16.6. The van der Waals surface area contributed by atoms with Gasteiger partial charge in [0.25, 0.3) is 0 Å². The van der Waals surface area contributed by atoms with Crippen LogP contribution in [0, 0.1) is 5.92 Å². The molecule has 1 N–H and O–H groups in total. The fourth-order valence-corrected chi connectivity index (χ4v) is 7.49. The van der Waals surface area contributed by atoms with E-state index in [1.54, 1.807) is 49.9 Å². The number of carbonyl (C=O) groups is 3. The number of anilines is 1. The molecular weight excluding hydrogens is 751 g/mol. The molecule has 1 saturated heterocycles. The molecule has 0 bridgehead atoms. The monoisotopic (exact) mass is 793 g/mol. The third kappa shape index (κ3) is 12.1. The Morgan fingerprint density at radius 1 is 0.963 bits per heavy atom. The molecule has 0 spiro atoms. The van der Waals surface area contributed by atoms with Gasteiger partial charge >= 0.3 is 18.3 Å². The minimum atomic E-state index is -4.61. The molecule has 0 unspecified atom stereocenters. The van der Waals surface area contributed by atoms with E-state index < -0.39 is 57.4 Å². The van der Waals surface area contributed by atoms with E-state index in [2.05, 4.69) is 20.3 Å². The van der Waals surface area contributed by atoms with Crippen LogP contribution in [0.1, 0.15) is 86.6 Å². The number of rotatable bonds is 15. The largest absolute Gasteiger partial charge is 0.454 e. The van der Waals surface area contributed by atoms with Crippen molar-refractivity contribution < 1.29 is 45.4 Å². The average molecular weight is 794 g/mol. The molecule has 1 aromatic heterocycles. The normalized spacial score (nSPS) is 16.1. The summed E-state index contributed by atoms with van der Waals surface area (Å²) in [6.45, 7) is 4.52. The van der Waals surface area contributed by atoms with Crippen molar-refractivity contribution in [3.8, 4) is 6.01 Å². The number of ether oxygens (including phenoxy) is 2. The molecule has 2 aliphatic rings. The molecule has 1 saturated carbocycles. The standard InChI is InChI=1S/C37H43ClF3N5O7S/c1-35(2,3)53-34(49)46-18-14-26(15-19-46)29(47)5-4-20-54(50,51)22-30(48)25-8-6-24(7-9-25)21-31-42-32(44-33(43-31)52-23-37(39,40)41)45-36(16-17-36)27-10-12-28(38)13-11-27/h6-13,26H,4-5,14-23H2,1-3H3,(H,42,43,44,45). The summed E-state index contributed by atoms with van der Waals surface area (Å²) in [6.07, 6.45) is -2.44. The minimum Gasteiger partial charge on any atom is -0.454 e. The van der Waals surface area contributed by atoms with Gasteiger partial charge in [-0.15, -0.1) is 0 Å². The molecule has 2 aromatic carbocycles. The Balaban J connectivity index is 1.14. The van der Waals surface area contributed by atoms with E-state index >= 15 is 0 Å². The molecule has 0 radical (unpaired) electrons. The number of hydrogen-bond acceptors (Lipinski definition) is 11. The highest BCUT2D eigenvalue weighted by atomic mass is 35.5. The minimum absolute atomic E-state index is 0.0342. The molecule has 2 heterocycles. The van der Waals surface area contributed by atoms with Gasteiger partial charge < -0.3 is 19.7 Å². The summed E-state index contributed by atoms with van der Waals surface area (Å²) in [5.74, 6) is -1.86. The highest BCUT2D eigenvalue weighted by molar-refractivity contribution is 7.92. The summed E-state index contributed by atoms with van der Waals surface area (Å²) in [4.78, 5) is 52.1. The molecular formula is C37H43ClF3N5O7S. The van der Waals surface area contributed by atoms with Gasteiger partial charge in [0.15, 0.2) is 22.2 Å². The average Bonchev–Trinajstić information content (AvgIpc) is 3.86. The van der Waals surface area contributed by atoms with Crippen molar-refractivity contribution in [3.05, 3.63) is 76.1 Å². The molecule has 12 nitrogen and oxygen atoms in total. The van der Waals surface area contributed by atoms with Crippen molar-refractivity contribution in [2.24, 2.45) is 5.92 Å². The Labute approximate surface area is 317 Å². The molecule has 1 aliphatic heterocycles. The van der Waals surface area contributed by atoms with Crippen LogP contribution in [0.3, 0.4) is 0 Å². The maximum Gasteiger partial charge on any atom is 0.422 e. The van der Waals surface area contributed by atoms with Gasteiger partial charge in [0.05, 0.1) is 11.3 Å². The lowest BCUT2D eigenvalue weighted by Crippen LogP contribution is -2.43.